The lowest BCUT2D eigenvalue weighted by molar-refractivity contribution is 0.0842. The Morgan fingerprint density at radius 3 is 2.50 bits per heavy atom. The predicted octanol–water partition coefficient (Wildman–Crippen LogP) is 3.01. The number of carbonyl (C=O) groups excluding carboxylic acids is 1. The van der Waals surface area contributed by atoms with Gasteiger partial charge in [-0.3, -0.25) is 9.69 Å². The molecule has 5 nitrogen and oxygen atoms in total. The van der Waals surface area contributed by atoms with Crippen LogP contribution in [0.3, 0.4) is 0 Å². The summed E-state index contributed by atoms with van der Waals surface area (Å²) in [5.41, 5.74) is 2.03. The SMILES string of the molecule is O=C1CC(c2ccc(O)cc2)Oc2ccc(O)c(CN3CCC3)c21. The van der Waals surface area contributed by atoms with Crippen LogP contribution in [0.2, 0.25) is 0 Å². The summed E-state index contributed by atoms with van der Waals surface area (Å²) >= 11 is 0. The molecule has 0 amide bonds. The number of benzene rings is 2. The maximum Gasteiger partial charge on any atom is 0.171 e. The topological polar surface area (TPSA) is 70.0 Å². The molecule has 1 saturated heterocycles. The first-order chi connectivity index (χ1) is 11.6. The van der Waals surface area contributed by atoms with Gasteiger partial charge in [-0.1, -0.05) is 12.1 Å². The average Bonchev–Trinajstić information content (AvgIpc) is 2.53. The lowest BCUT2D eigenvalue weighted by Gasteiger charge is -2.33. The molecule has 0 aromatic heterocycles. The fourth-order valence-corrected chi connectivity index (χ4v) is 3.28. The molecule has 24 heavy (non-hydrogen) atoms. The van der Waals surface area contributed by atoms with Gasteiger partial charge in [0, 0.05) is 12.1 Å². The number of ketones is 1. The van der Waals surface area contributed by atoms with Crippen molar-refractivity contribution in [1.82, 2.24) is 4.90 Å². The molecule has 5 heteroatoms. The largest absolute Gasteiger partial charge is 0.508 e. The van der Waals surface area contributed by atoms with Crippen molar-refractivity contribution in [2.24, 2.45) is 0 Å². The zero-order valence-electron chi connectivity index (χ0n) is 13.2. The highest BCUT2D eigenvalue weighted by atomic mass is 16.5. The van der Waals surface area contributed by atoms with Crippen molar-refractivity contribution in [3.8, 4) is 17.2 Å². The van der Waals surface area contributed by atoms with Crippen LogP contribution in [0.1, 0.15) is 40.4 Å². The van der Waals surface area contributed by atoms with Crippen molar-refractivity contribution in [2.75, 3.05) is 13.1 Å². The third-order valence-corrected chi connectivity index (χ3v) is 4.76. The summed E-state index contributed by atoms with van der Waals surface area (Å²) in [6.07, 6.45) is 1.02. The van der Waals surface area contributed by atoms with E-state index in [1.807, 2.05) is 0 Å². The van der Waals surface area contributed by atoms with Crippen LogP contribution < -0.4 is 4.74 Å². The van der Waals surface area contributed by atoms with Crippen LogP contribution in [0, 0.1) is 0 Å². The molecule has 1 fully saturated rings. The van der Waals surface area contributed by atoms with E-state index in [1.165, 1.54) is 0 Å². The standard InChI is InChI=1S/C19H19NO4/c21-13-4-2-12(3-5-13)18-10-16(23)19-14(11-20-8-1-9-20)15(22)6-7-17(19)24-18/h2-7,18,21-22H,1,8-11H2. The van der Waals surface area contributed by atoms with E-state index in [2.05, 4.69) is 4.90 Å². The molecule has 2 heterocycles. The predicted molar refractivity (Wildman–Crippen MR) is 88.4 cm³/mol. The van der Waals surface area contributed by atoms with Crippen LogP contribution in [0.25, 0.3) is 0 Å². The van der Waals surface area contributed by atoms with Gasteiger partial charge in [-0.15, -0.1) is 0 Å². The van der Waals surface area contributed by atoms with Crippen molar-refractivity contribution in [3.05, 3.63) is 53.1 Å². The molecule has 0 spiro atoms. The summed E-state index contributed by atoms with van der Waals surface area (Å²) in [5.74, 6) is 0.849. The van der Waals surface area contributed by atoms with Crippen LogP contribution in [0.4, 0.5) is 0 Å². The lowest BCUT2D eigenvalue weighted by Crippen LogP contribution is -2.37. The fraction of sp³-hybridized carbons (Fsp3) is 0.316. The van der Waals surface area contributed by atoms with Gasteiger partial charge in [0.25, 0.3) is 0 Å². The first kappa shape index (κ1) is 15.0. The number of aromatic hydroxyl groups is 2. The number of nitrogens with zero attached hydrogens (tertiary/aromatic N) is 1. The van der Waals surface area contributed by atoms with E-state index < -0.39 is 0 Å². The summed E-state index contributed by atoms with van der Waals surface area (Å²) < 4.78 is 6.03. The van der Waals surface area contributed by atoms with Crippen LogP contribution in [-0.2, 0) is 6.54 Å². The molecule has 0 aliphatic carbocycles. The molecule has 2 aliphatic rings. The summed E-state index contributed by atoms with van der Waals surface area (Å²) in [4.78, 5) is 14.9. The Labute approximate surface area is 140 Å². The fourth-order valence-electron chi connectivity index (χ4n) is 3.28. The van der Waals surface area contributed by atoms with Crippen LogP contribution in [0.5, 0.6) is 17.2 Å². The quantitative estimate of drug-likeness (QED) is 0.908. The normalized spacial score (nSPS) is 20.2. The number of carbonyl (C=O) groups is 1. The summed E-state index contributed by atoms with van der Waals surface area (Å²) in [6.45, 7) is 2.57. The van der Waals surface area contributed by atoms with Gasteiger partial charge in [-0.05, 0) is 49.3 Å². The van der Waals surface area contributed by atoms with Crippen molar-refractivity contribution in [2.45, 2.75) is 25.5 Å². The van der Waals surface area contributed by atoms with Crippen molar-refractivity contribution in [1.29, 1.82) is 0 Å². The number of likely N-dealkylation sites (tertiary alicyclic amines) is 1. The second kappa shape index (κ2) is 5.83. The summed E-state index contributed by atoms with van der Waals surface area (Å²) in [5, 5.41) is 19.6. The molecule has 4 rings (SSSR count). The molecule has 0 bridgehead atoms. The smallest absolute Gasteiger partial charge is 0.171 e. The second-order valence-electron chi connectivity index (χ2n) is 6.39. The van der Waals surface area contributed by atoms with E-state index in [9.17, 15) is 15.0 Å². The van der Waals surface area contributed by atoms with Gasteiger partial charge < -0.3 is 14.9 Å². The third kappa shape index (κ3) is 2.61. The van der Waals surface area contributed by atoms with E-state index in [4.69, 9.17) is 4.74 Å². The first-order valence-corrected chi connectivity index (χ1v) is 8.18. The number of ether oxygens (including phenoxy) is 1. The van der Waals surface area contributed by atoms with Crippen molar-refractivity contribution < 1.29 is 19.7 Å². The lowest BCUT2D eigenvalue weighted by atomic mass is 9.92. The monoisotopic (exact) mass is 325 g/mol. The Kier molecular flexibility index (Phi) is 3.65. The van der Waals surface area contributed by atoms with Gasteiger partial charge in [0.15, 0.2) is 5.78 Å². The molecule has 2 aromatic rings. The van der Waals surface area contributed by atoms with Crippen molar-refractivity contribution in [3.63, 3.8) is 0 Å². The Bertz CT molecular complexity index is 781. The minimum atomic E-state index is -0.369. The van der Waals surface area contributed by atoms with Gasteiger partial charge in [-0.2, -0.15) is 0 Å². The Hall–Kier alpha value is -2.53. The van der Waals surface area contributed by atoms with E-state index in [1.54, 1.807) is 36.4 Å². The first-order valence-electron chi connectivity index (χ1n) is 8.18. The molecule has 1 atom stereocenters. The van der Waals surface area contributed by atoms with Crippen LogP contribution in [0.15, 0.2) is 36.4 Å². The number of phenolic OH excluding ortho intramolecular Hbond substituents is 2. The zero-order valence-corrected chi connectivity index (χ0v) is 13.2. The molecule has 2 aliphatic heterocycles. The van der Waals surface area contributed by atoms with Crippen LogP contribution in [-0.4, -0.2) is 34.0 Å². The molecular weight excluding hydrogens is 306 g/mol. The van der Waals surface area contributed by atoms with Crippen LogP contribution >= 0.6 is 0 Å². The summed E-state index contributed by atoms with van der Waals surface area (Å²) in [7, 11) is 0. The van der Waals surface area contributed by atoms with E-state index in [0.717, 1.165) is 25.1 Å². The zero-order chi connectivity index (χ0) is 16.7. The number of rotatable bonds is 3. The van der Waals surface area contributed by atoms with E-state index in [-0.39, 0.29) is 29.8 Å². The highest BCUT2D eigenvalue weighted by Gasteiger charge is 2.32. The number of fused-ring (bicyclic) bond motifs is 1. The maximum atomic E-state index is 12.7. The minimum absolute atomic E-state index is 0.0132. The Morgan fingerprint density at radius 1 is 1.08 bits per heavy atom. The number of Topliss-reactive ketones (excluding diaryl/α,β-unsaturated/α-hetero) is 1. The van der Waals surface area contributed by atoms with Gasteiger partial charge in [0.1, 0.15) is 23.4 Å². The Morgan fingerprint density at radius 2 is 1.83 bits per heavy atom. The minimum Gasteiger partial charge on any atom is -0.508 e. The second-order valence-corrected chi connectivity index (χ2v) is 6.39. The maximum absolute atomic E-state index is 12.7. The number of hydrogen-bond donors (Lipinski definition) is 2. The third-order valence-electron chi connectivity index (χ3n) is 4.76. The molecule has 0 saturated carbocycles. The van der Waals surface area contributed by atoms with Gasteiger partial charge in [0.05, 0.1) is 12.0 Å². The molecule has 124 valence electrons. The number of hydrogen-bond acceptors (Lipinski definition) is 5. The van der Waals surface area contributed by atoms with Gasteiger partial charge in [-0.25, -0.2) is 0 Å². The van der Waals surface area contributed by atoms with Gasteiger partial charge in [0.2, 0.25) is 0 Å². The number of phenols is 2. The molecule has 1 unspecified atom stereocenters. The van der Waals surface area contributed by atoms with E-state index in [0.29, 0.717) is 23.4 Å². The highest BCUT2D eigenvalue weighted by Crippen LogP contribution is 2.40. The average molecular weight is 325 g/mol. The molecule has 0 radical (unpaired) electrons. The highest BCUT2D eigenvalue weighted by molar-refractivity contribution is 6.02. The van der Waals surface area contributed by atoms with E-state index >= 15 is 0 Å². The molecular formula is C19H19NO4. The molecule has 2 N–H and O–H groups in total. The Balaban J connectivity index is 1.67. The molecule has 2 aromatic carbocycles. The van der Waals surface area contributed by atoms with Crippen molar-refractivity contribution >= 4 is 5.78 Å². The van der Waals surface area contributed by atoms with Gasteiger partial charge >= 0.3 is 0 Å². The summed E-state index contributed by atoms with van der Waals surface area (Å²) in [6, 6.07) is 9.96.